The van der Waals surface area contributed by atoms with Crippen LogP contribution >= 0.6 is 0 Å². The topological polar surface area (TPSA) is 18.5 Å². The molecule has 0 aromatic heterocycles. The van der Waals surface area contributed by atoms with Gasteiger partial charge in [0.1, 0.15) is 0 Å². The van der Waals surface area contributed by atoms with Crippen molar-refractivity contribution >= 4 is 0 Å². The number of likely N-dealkylation sites (N-methyl/N-ethyl adjacent to an activating group) is 3. The van der Waals surface area contributed by atoms with Gasteiger partial charge in [0.25, 0.3) is 0 Å². The molecule has 0 bridgehead atoms. The van der Waals surface area contributed by atoms with Crippen LogP contribution in [0.15, 0.2) is 24.3 Å². The zero-order chi connectivity index (χ0) is 15.6. The third-order valence-electron chi connectivity index (χ3n) is 4.19. The van der Waals surface area contributed by atoms with Crippen LogP contribution in [-0.2, 0) is 6.18 Å². The van der Waals surface area contributed by atoms with Gasteiger partial charge in [0.05, 0.1) is 5.56 Å². The number of halogens is 3. The summed E-state index contributed by atoms with van der Waals surface area (Å²) in [6, 6.07) is 5.72. The van der Waals surface area contributed by atoms with Crippen LogP contribution in [-0.4, -0.2) is 56.6 Å². The van der Waals surface area contributed by atoms with Gasteiger partial charge in [-0.3, -0.25) is 4.90 Å². The SMILES string of the molecule is CNC(c1ccc(C(F)(F)F)cc1)C1CN(C)CCN1C. The van der Waals surface area contributed by atoms with Gasteiger partial charge in [0.2, 0.25) is 0 Å². The highest BCUT2D eigenvalue weighted by atomic mass is 19.4. The zero-order valence-electron chi connectivity index (χ0n) is 12.6. The normalized spacial score (nSPS) is 23.2. The third-order valence-corrected chi connectivity index (χ3v) is 4.19. The highest BCUT2D eigenvalue weighted by molar-refractivity contribution is 5.28. The van der Waals surface area contributed by atoms with Crippen molar-refractivity contribution in [3.63, 3.8) is 0 Å². The van der Waals surface area contributed by atoms with Crippen molar-refractivity contribution in [2.75, 3.05) is 40.8 Å². The van der Waals surface area contributed by atoms with E-state index < -0.39 is 11.7 Å². The zero-order valence-corrected chi connectivity index (χ0v) is 12.6. The van der Waals surface area contributed by atoms with Gasteiger partial charge < -0.3 is 10.2 Å². The molecule has 3 nitrogen and oxygen atoms in total. The van der Waals surface area contributed by atoms with E-state index in [0.29, 0.717) is 0 Å². The Morgan fingerprint density at radius 3 is 2.29 bits per heavy atom. The number of benzene rings is 1. The molecular formula is C15H22F3N3. The van der Waals surface area contributed by atoms with E-state index in [0.717, 1.165) is 37.3 Å². The highest BCUT2D eigenvalue weighted by Gasteiger charge is 2.32. The Bertz CT molecular complexity index is 458. The number of alkyl halides is 3. The number of nitrogens with zero attached hydrogens (tertiary/aromatic N) is 2. The predicted molar refractivity (Wildman–Crippen MR) is 77.2 cm³/mol. The lowest BCUT2D eigenvalue weighted by atomic mass is 9.95. The molecule has 0 radical (unpaired) electrons. The number of piperazine rings is 1. The van der Waals surface area contributed by atoms with E-state index in [-0.39, 0.29) is 12.1 Å². The second-order valence-corrected chi connectivity index (χ2v) is 5.70. The molecule has 1 N–H and O–H groups in total. The molecule has 2 rings (SSSR count). The molecule has 0 aliphatic carbocycles. The molecule has 1 fully saturated rings. The maximum atomic E-state index is 12.6. The second-order valence-electron chi connectivity index (χ2n) is 5.70. The van der Waals surface area contributed by atoms with Gasteiger partial charge in [0.15, 0.2) is 0 Å². The summed E-state index contributed by atoms with van der Waals surface area (Å²) in [5, 5.41) is 3.25. The van der Waals surface area contributed by atoms with Gasteiger partial charge in [-0.15, -0.1) is 0 Å². The molecule has 1 aliphatic rings. The van der Waals surface area contributed by atoms with Gasteiger partial charge >= 0.3 is 6.18 Å². The van der Waals surface area contributed by atoms with Crippen molar-refractivity contribution in [3.8, 4) is 0 Å². The van der Waals surface area contributed by atoms with Crippen molar-refractivity contribution in [2.45, 2.75) is 18.3 Å². The lowest BCUT2D eigenvalue weighted by Crippen LogP contribution is -2.54. The molecule has 0 saturated carbocycles. The van der Waals surface area contributed by atoms with Crippen LogP contribution in [0.1, 0.15) is 17.2 Å². The van der Waals surface area contributed by atoms with Gasteiger partial charge in [0, 0.05) is 31.7 Å². The summed E-state index contributed by atoms with van der Waals surface area (Å²) in [5.74, 6) is 0. The quantitative estimate of drug-likeness (QED) is 0.923. The Balaban J connectivity index is 2.20. The first-order valence-corrected chi connectivity index (χ1v) is 7.06. The maximum absolute atomic E-state index is 12.6. The van der Waals surface area contributed by atoms with Gasteiger partial charge in [-0.1, -0.05) is 12.1 Å². The molecule has 118 valence electrons. The highest BCUT2D eigenvalue weighted by Crippen LogP contribution is 2.31. The molecule has 2 atom stereocenters. The fraction of sp³-hybridized carbons (Fsp3) is 0.600. The van der Waals surface area contributed by atoms with Crippen LogP contribution in [0.5, 0.6) is 0 Å². The van der Waals surface area contributed by atoms with E-state index in [1.54, 1.807) is 12.1 Å². The Labute approximate surface area is 123 Å². The smallest absolute Gasteiger partial charge is 0.312 e. The first kappa shape index (κ1) is 16.3. The molecule has 0 spiro atoms. The Hall–Kier alpha value is -1.11. The monoisotopic (exact) mass is 301 g/mol. The molecule has 6 heteroatoms. The Kier molecular flexibility index (Phi) is 4.91. The van der Waals surface area contributed by atoms with Crippen molar-refractivity contribution in [2.24, 2.45) is 0 Å². The van der Waals surface area contributed by atoms with Crippen LogP contribution in [0.2, 0.25) is 0 Å². The van der Waals surface area contributed by atoms with Crippen LogP contribution in [0.3, 0.4) is 0 Å². The van der Waals surface area contributed by atoms with Crippen LogP contribution in [0.25, 0.3) is 0 Å². The summed E-state index contributed by atoms with van der Waals surface area (Å²) in [7, 11) is 5.98. The minimum Gasteiger partial charge on any atom is -0.312 e. The van der Waals surface area contributed by atoms with Crippen molar-refractivity contribution in [3.05, 3.63) is 35.4 Å². The first-order valence-electron chi connectivity index (χ1n) is 7.06. The standard InChI is InChI=1S/C15H22F3N3/c1-19-14(13-10-20(2)8-9-21(13)3)11-4-6-12(7-5-11)15(16,17)18/h4-7,13-14,19H,8-10H2,1-3H3. The van der Waals surface area contributed by atoms with E-state index >= 15 is 0 Å². The lowest BCUT2D eigenvalue weighted by molar-refractivity contribution is -0.137. The van der Waals surface area contributed by atoms with E-state index in [1.165, 1.54) is 0 Å². The van der Waals surface area contributed by atoms with Crippen LogP contribution < -0.4 is 5.32 Å². The fourth-order valence-corrected chi connectivity index (χ4v) is 2.86. The van der Waals surface area contributed by atoms with Gasteiger partial charge in [-0.2, -0.15) is 13.2 Å². The summed E-state index contributed by atoms with van der Waals surface area (Å²) >= 11 is 0. The average Bonchev–Trinajstić information content (AvgIpc) is 2.43. The minimum absolute atomic E-state index is 0.0139. The fourth-order valence-electron chi connectivity index (χ4n) is 2.86. The Morgan fingerprint density at radius 2 is 1.76 bits per heavy atom. The van der Waals surface area contributed by atoms with Crippen molar-refractivity contribution in [1.29, 1.82) is 0 Å². The summed E-state index contributed by atoms with van der Waals surface area (Å²) in [5.41, 5.74) is 0.285. The molecule has 1 aliphatic heterocycles. The number of rotatable bonds is 3. The largest absolute Gasteiger partial charge is 0.416 e. The molecule has 2 unspecified atom stereocenters. The molecule has 1 saturated heterocycles. The Morgan fingerprint density at radius 1 is 1.14 bits per heavy atom. The number of hydrogen-bond donors (Lipinski definition) is 1. The van der Waals surface area contributed by atoms with E-state index in [9.17, 15) is 13.2 Å². The van der Waals surface area contributed by atoms with E-state index in [4.69, 9.17) is 0 Å². The van der Waals surface area contributed by atoms with Gasteiger partial charge in [-0.05, 0) is 38.8 Å². The first-order chi connectivity index (χ1) is 9.82. The summed E-state index contributed by atoms with van der Waals surface area (Å²) in [6.07, 6.45) is -4.28. The van der Waals surface area contributed by atoms with Crippen molar-refractivity contribution in [1.82, 2.24) is 15.1 Å². The lowest BCUT2D eigenvalue weighted by Gasteiger charge is -2.42. The van der Waals surface area contributed by atoms with Crippen LogP contribution in [0, 0.1) is 0 Å². The molecule has 0 amide bonds. The van der Waals surface area contributed by atoms with Crippen LogP contribution in [0.4, 0.5) is 13.2 Å². The number of hydrogen-bond acceptors (Lipinski definition) is 3. The number of nitrogens with one attached hydrogen (secondary N) is 1. The predicted octanol–water partition coefficient (Wildman–Crippen LogP) is 2.21. The second kappa shape index (κ2) is 6.34. The minimum atomic E-state index is -4.28. The van der Waals surface area contributed by atoms with E-state index in [2.05, 4.69) is 29.2 Å². The molecule has 21 heavy (non-hydrogen) atoms. The maximum Gasteiger partial charge on any atom is 0.416 e. The summed E-state index contributed by atoms with van der Waals surface area (Å²) < 4.78 is 37.9. The summed E-state index contributed by atoms with van der Waals surface area (Å²) in [6.45, 7) is 2.86. The van der Waals surface area contributed by atoms with E-state index in [1.807, 2.05) is 7.05 Å². The molecule has 1 aromatic rings. The molecular weight excluding hydrogens is 279 g/mol. The van der Waals surface area contributed by atoms with Crippen molar-refractivity contribution < 1.29 is 13.2 Å². The molecule has 1 aromatic carbocycles. The average molecular weight is 301 g/mol. The summed E-state index contributed by atoms with van der Waals surface area (Å²) in [4.78, 5) is 4.51. The third kappa shape index (κ3) is 3.75. The molecule has 1 heterocycles. The van der Waals surface area contributed by atoms with Gasteiger partial charge in [-0.25, -0.2) is 0 Å².